The number of hydrogen-bond acceptors (Lipinski definition) is 4. The molecular formula is C13H20N2O4. The van der Waals surface area contributed by atoms with Crippen molar-refractivity contribution in [3.63, 3.8) is 0 Å². The minimum absolute atomic E-state index is 0.0975. The molecule has 6 nitrogen and oxygen atoms in total. The van der Waals surface area contributed by atoms with Gasteiger partial charge in [0.05, 0.1) is 13.0 Å². The van der Waals surface area contributed by atoms with Crippen LogP contribution in [0.1, 0.15) is 36.6 Å². The van der Waals surface area contributed by atoms with Crippen LogP contribution < -0.4 is 5.32 Å². The predicted molar refractivity (Wildman–Crippen MR) is 69.9 cm³/mol. The van der Waals surface area contributed by atoms with E-state index in [9.17, 15) is 9.59 Å². The van der Waals surface area contributed by atoms with Crippen LogP contribution in [0.3, 0.4) is 0 Å². The average Bonchev–Trinajstić information content (AvgIpc) is 2.84. The average molecular weight is 268 g/mol. The van der Waals surface area contributed by atoms with Gasteiger partial charge in [0.15, 0.2) is 5.76 Å². The number of nitrogens with zero attached hydrogens (tertiary/aromatic N) is 1. The molecule has 0 aromatic carbocycles. The van der Waals surface area contributed by atoms with E-state index in [0.717, 1.165) is 18.8 Å². The lowest BCUT2D eigenvalue weighted by Gasteiger charge is -2.15. The summed E-state index contributed by atoms with van der Waals surface area (Å²) in [5.74, 6) is -0.381. The highest BCUT2D eigenvalue weighted by Gasteiger charge is 2.12. The zero-order valence-electron chi connectivity index (χ0n) is 11.3. The number of hydrogen-bond donors (Lipinski definition) is 2. The predicted octanol–water partition coefficient (Wildman–Crippen LogP) is 1.33. The third kappa shape index (κ3) is 5.13. The first kappa shape index (κ1) is 15.2. The van der Waals surface area contributed by atoms with Gasteiger partial charge in [-0.3, -0.25) is 14.5 Å². The molecule has 0 aliphatic heterocycles. The van der Waals surface area contributed by atoms with Crippen LogP contribution in [0, 0.1) is 0 Å². The summed E-state index contributed by atoms with van der Waals surface area (Å²) in [5.41, 5.74) is 0. The number of rotatable bonds is 8. The Hall–Kier alpha value is -1.82. The molecule has 1 rings (SSSR count). The van der Waals surface area contributed by atoms with Crippen LogP contribution in [0.25, 0.3) is 0 Å². The van der Waals surface area contributed by atoms with Gasteiger partial charge < -0.3 is 14.8 Å². The molecule has 6 heteroatoms. The second-order valence-corrected chi connectivity index (χ2v) is 4.13. The van der Waals surface area contributed by atoms with E-state index in [2.05, 4.69) is 24.1 Å². The molecule has 0 saturated heterocycles. The van der Waals surface area contributed by atoms with E-state index in [1.54, 1.807) is 12.1 Å². The lowest BCUT2D eigenvalue weighted by molar-refractivity contribution is -0.136. The fourth-order valence-corrected chi connectivity index (χ4v) is 1.62. The van der Waals surface area contributed by atoms with E-state index in [0.29, 0.717) is 6.54 Å². The van der Waals surface area contributed by atoms with Gasteiger partial charge in [0.25, 0.3) is 5.91 Å². The number of amides is 1. The van der Waals surface area contributed by atoms with E-state index in [1.807, 2.05) is 0 Å². The molecule has 0 spiro atoms. The standard InChI is InChI=1S/C13H20N2O4/c1-3-15(4-2)9-10-5-6-11(19-10)13(18)14-8-7-12(16)17/h5-6H,3-4,7-9H2,1-2H3,(H,14,18)(H,16,17). The molecule has 0 radical (unpaired) electrons. The summed E-state index contributed by atoms with van der Waals surface area (Å²) in [7, 11) is 0. The fraction of sp³-hybridized carbons (Fsp3) is 0.538. The molecule has 106 valence electrons. The Kier molecular flexibility index (Phi) is 6.08. The fourth-order valence-electron chi connectivity index (χ4n) is 1.62. The van der Waals surface area contributed by atoms with E-state index in [1.165, 1.54) is 0 Å². The van der Waals surface area contributed by atoms with Crippen molar-refractivity contribution in [2.75, 3.05) is 19.6 Å². The molecule has 1 aromatic rings. The summed E-state index contributed by atoms with van der Waals surface area (Å²) in [6.45, 7) is 6.71. The number of furan rings is 1. The zero-order chi connectivity index (χ0) is 14.3. The Morgan fingerprint density at radius 1 is 1.32 bits per heavy atom. The molecule has 19 heavy (non-hydrogen) atoms. The van der Waals surface area contributed by atoms with Crippen LogP contribution in [-0.2, 0) is 11.3 Å². The van der Waals surface area contributed by atoms with E-state index in [-0.39, 0.29) is 24.6 Å². The highest BCUT2D eigenvalue weighted by atomic mass is 16.4. The number of carbonyl (C=O) groups is 2. The molecule has 0 atom stereocenters. The first-order valence-corrected chi connectivity index (χ1v) is 6.37. The Morgan fingerprint density at radius 3 is 2.58 bits per heavy atom. The highest BCUT2D eigenvalue weighted by molar-refractivity contribution is 5.91. The molecule has 0 aliphatic carbocycles. The molecule has 1 aromatic heterocycles. The van der Waals surface area contributed by atoms with Gasteiger partial charge in [0, 0.05) is 6.54 Å². The Labute approximate surface area is 112 Å². The van der Waals surface area contributed by atoms with Gasteiger partial charge in [-0.1, -0.05) is 13.8 Å². The van der Waals surface area contributed by atoms with Crippen molar-refractivity contribution in [3.05, 3.63) is 23.7 Å². The van der Waals surface area contributed by atoms with Crippen molar-refractivity contribution in [2.24, 2.45) is 0 Å². The van der Waals surface area contributed by atoms with Gasteiger partial charge in [0.1, 0.15) is 5.76 Å². The lowest BCUT2D eigenvalue weighted by atomic mass is 10.3. The number of carboxylic acid groups (broad SMARTS) is 1. The Morgan fingerprint density at radius 2 is 2.00 bits per heavy atom. The molecular weight excluding hydrogens is 248 g/mol. The van der Waals surface area contributed by atoms with Crippen molar-refractivity contribution in [2.45, 2.75) is 26.8 Å². The van der Waals surface area contributed by atoms with Crippen LogP contribution in [0.5, 0.6) is 0 Å². The summed E-state index contributed by atoms with van der Waals surface area (Å²) in [4.78, 5) is 24.2. The summed E-state index contributed by atoms with van der Waals surface area (Å²) in [6.07, 6.45) is -0.0985. The van der Waals surface area contributed by atoms with Crippen LogP contribution in [0.15, 0.2) is 16.5 Å². The maximum atomic E-state index is 11.7. The van der Waals surface area contributed by atoms with Gasteiger partial charge in [-0.05, 0) is 25.2 Å². The Balaban J connectivity index is 2.49. The van der Waals surface area contributed by atoms with Gasteiger partial charge in [0.2, 0.25) is 0 Å². The van der Waals surface area contributed by atoms with Gasteiger partial charge in [-0.25, -0.2) is 0 Å². The highest BCUT2D eigenvalue weighted by Crippen LogP contribution is 2.10. The van der Waals surface area contributed by atoms with Crippen molar-refractivity contribution >= 4 is 11.9 Å². The minimum Gasteiger partial charge on any atom is -0.481 e. The third-order valence-electron chi connectivity index (χ3n) is 2.78. The molecule has 1 amide bonds. The first-order chi connectivity index (χ1) is 9.06. The maximum absolute atomic E-state index is 11.7. The zero-order valence-corrected chi connectivity index (χ0v) is 11.3. The van der Waals surface area contributed by atoms with Gasteiger partial charge in [-0.15, -0.1) is 0 Å². The van der Waals surface area contributed by atoms with Crippen molar-refractivity contribution in [3.8, 4) is 0 Å². The smallest absolute Gasteiger partial charge is 0.305 e. The number of nitrogens with one attached hydrogen (secondary N) is 1. The normalized spacial score (nSPS) is 10.7. The summed E-state index contributed by atoms with van der Waals surface area (Å²) in [5, 5.41) is 11.0. The molecule has 0 bridgehead atoms. The van der Waals surface area contributed by atoms with Gasteiger partial charge >= 0.3 is 5.97 Å². The lowest BCUT2D eigenvalue weighted by Crippen LogP contribution is -2.25. The molecule has 0 unspecified atom stereocenters. The van der Waals surface area contributed by atoms with Crippen LogP contribution >= 0.6 is 0 Å². The van der Waals surface area contributed by atoms with Crippen LogP contribution in [0.4, 0.5) is 0 Å². The summed E-state index contributed by atoms with van der Waals surface area (Å²) >= 11 is 0. The third-order valence-corrected chi connectivity index (χ3v) is 2.78. The quantitative estimate of drug-likeness (QED) is 0.743. The van der Waals surface area contributed by atoms with Gasteiger partial charge in [-0.2, -0.15) is 0 Å². The minimum atomic E-state index is -0.943. The second kappa shape index (κ2) is 7.58. The Bertz CT molecular complexity index is 424. The van der Waals surface area contributed by atoms with Crippen molar-refractivity contribution in [1.29, 1.82) is 0 Å². The number of carboxylic acids is 1. The van der Waals surface area contributed by atoms with Crippen LogP contribution in [0.2, 0.25) is 0 Å². The molecule has 2 N–H and O–H groups in total. The first-order valence-electron chi connectivity index (χ1n) is 6.37. The van der Waals surface area contributed by atoms with Crippen LogP contribution in [-0.4, -0.2) is 41.5 Å². The maximum Gasteiger partial charge on any atom is 0.305 e. The number of carbonyl (C=O) groups excluding carboxylic acids is 1. The van der Waals surface area contributed by atoms with E-state index < -0.39 is 5.97 Å². The molecule has 0 saturated carbocycles. The van der Waals surface area contributed by atoms with Crippen molar-refractivity contribution < 1.29 is 19.1 Å². The second-order valence-electron chi connectivity index (χ2n) is 4.13. The SMILES string of the molecule is CCN(CC)Cc1ccc(C(=O)NCCC(=O)O)o1. The number of aliphatic carboxylic acids is 1. The molecule has 0 aliphatic rings. The van der Waals surface area contributed by atoms with E-state index >= 15 is 0 Å². The summed E-state index contributed by atoms with van der Waals surface area (Å²) < 4.78 is 5.44. The molecule has 0 fully saturated rings. The summed E-state index contributed by atoms with van der Waals surface area (Å²) in [6, 6.07) is 3.37. The largest absolute Gasteiger partial charge is 0.481 e. The molecule has 1 heterocycles. The van der Waals surface area contributed by atoms with Crippen molar-refractivity contribution in [1.82, 2.24) is 10.2 Å². The monoisotopic (exact) mass is 268 g/mol. The topological polar surface area (TPSA) is 82.8 Å². The van der Waals surface area contributed by atoms with E-state index in [4.69, 9.17) is 9.52 Å².